The zero-order valence-electron chi connectivity index (χ0n) is 15.6. The first kappa shape index (κ1) is 20.3. The van der Waals surface area contributed by atoms with Crippen molar-refractivity contribution >= 4 is 15.9 Å². The van der Waals surface area contributed by atoms with Gasteiger partial charge in [-0.3, -0.25) is 4.79 Å². The van der Waals surface area contributed by atoms with Gasteiger partial charge in [-0.2, -0.15) is 4.31 Å². The van der Waals surface area contributed by atoms with E-state index in [1.54, 1.807) is 18.2 Å². The molecule has 0 spiro atoms. The van der Waals surface area contributed by atoms with Crippen LogP contribution in [0.1, 0.15) is 42.5 Å². The molecule has 1 atom stereocenters. The van der Waals surface area contributed by atoms with Gasteiger partial charge in [0, 0.05) is 25.7 Å². The summed E-state index contributed by atoms with van der Waals surface area (Å²) in [5.74, 6) is -0.0147. The van der Waals surface area contributed by atoms with Crippen LogP contribution < -0.4 is 11.1 Å². The van der Waals surface area contributed by atoms with E-state index < -0.39 is 10.0 Å². The molecule has 0 bridgehead atoms. The number of morpholine rings is 1. The third kappa shape index (κ3) is 4.68. The van der Waals surface area contributed by atoms with Gasteiger partial charge in [0.2, 0.25) is 10.0 Å². The Hall–Kier alpha value is -1.48. The van der Waals surface area contributed by atoms with Gasteiger partial charge < -0.3 is 15.8 Å². The van der Waals surface area contributed by atoms with Crippen LogP contribution in [-0.2, 0) is 14.8 Å². The monoisotopic (exact) mass is 395 g/mol. The van der Waals surface area contributed by atoms with Gasteiger partial charge in [-0.25, -0.2) is 8.42 Å². The Morgan fingerprint density at radius 2 is 1.85 bits per heavy atom. The fourth-order valence-electron chi connectivity index (χ4n) is 3.96. The number of amides is 1. The molecule has 3 rings (SSSR count). The van der Waals surface area contributed by atoms with Crippen LogP contribution in [0.5, 0.6) is 0 Å². The van der Waals surface area contributed by atoms with Gasteiger partial charge in [0.05, 0.1) is 23.7 Å². The van der Waals surface area contributed by atoms with Gasteiger partial charge in [0.25, 0.3) is 5.91 Å². The second-order valence-corrected chi connectivity index (χ2v) is 9.13. The molecule has 27 heavy (non-hydrogen) atoms. The highest BCUT2D eigenvalue weighted by molar-refractivity contribution is 7.89. The van der Waals surface area contributed by atoms with Crippen molar-refractivity contribution in [1.29, 1.82) is 0 Å². The van der Waals surface area contributed by atoms with Crippen molar-refractivity contribution in [2.24, 2.45) is 11.7 Å². The van der Waals surface area contributed by atoms with Gasteiger partial charge >= 0.3 is 0 Å². The highest BCUT2D eigenvalue weighted by Gasteiger charge is 2.31. The lowest BCUT2D eigenvalue weighted by Crippen LogP contribution is -2.46. The largest absolute Gasteiger partial charge is 0.379 e. The standard InChI is InChI=1S/C19H29N3O4S/c20-14-17(15-6-2-1-3-7-15)21-19(23)16-8-4-5-9-18(16)27(24,25)22-10-12-26-13-11-22/h4-5,8-9,15,17H,1-3,6-7,10-14,20H2,(H,21,23). The molecule has 1 aliphatic heterocycles. The highest BCUT2D eigenvalue weighted by atomic mass is 32.2. The molecule has 1 amide bonds. The minimum absolute atomic E-state index is 0.0452. The number of nitrogens with one attached hydrogen (secondary N) is 1. The summed E-state index contributed by atoms with van der Waals surface area (Å²) in [4.78, 5) is 13.0. The van der Waals surface area contributed by atoms with E-state index in [9.17, 15) is 13.2 Å². The first-order valence-electron chi connectivity index (χ1n) is 9.72. The molecule has 8 heteroatoms. The van der Waals surface area contributed by atoms with Gasteiger partial charge in [-0.1, -0.05) is 31.4 Å². The van der Waals surface area contributed by atoms with Crippen LogP contribution in [0.3, 0.4) is 0 Å². The zero-order chi connectivity index (χ0) is 19.3. The van der Waals surface area contributed by atoms with Crippen molar-refractivity contribution < 1.29 is 17.9 Å². The molecule has 2 fully saturated rings. The van der Waals surface area contributed by atoms with Crippen molar-refractivity contribution in [3.63, 3.8) is 0 Å². The Kier molecular flexibility index (Phi) is 6.86. The first-order valence-corrected chi connectivity index (χ1v) is 11.2. The average Bonchev–Trinajstić information content (AvgIpc) is 2.73. The quantitative estimate of drug-likeness (QED) is 0.757. The Balaban J connectivity index is 1.81. The van der Waals surface area contributed by atoms with E-state index in [-0.39, 0.29) is 22.4 Å². The van der Waals surface area contributed by atoms with E-state index in [1.807, 2.05) is 0 Å². The first-order chi connectivity index (χ1) is 13.0. The second kappa shape index (κ2) is 9.14. The molecular formula is C19H29N3O4S. The summed E-state index contributed by atoms with van der Waals surface area (Å²) in [6, 6.07) is 6.27. The predicted octanol–water partition coefficient (Wildman–Crippen LogP) is 1.34. The highest BCUT2D eigenvalue weighted by Crippen LogP contribution is 2.27. The number of benzene rings is 1. The molecule has 1 aromatic carbocycles. The smallest absolute Gasteiger partial charge is 0.252 e. The predicted molar refractivity (Wildman–Crippen MR) is 103 cm³/mol. The molecule has 1 unspecified atom stereocenters. The van der Waals surface area contributed by atoms with E-state index in [2.05, 4.69) is 5.32 Å². The number of carbonyl (C=O) groups excluding carboxylic acids is 1. The van der Waals surface area contributed by atoms with Crippen LogP contribution in [0.4, 0.5) is 0 Å². The maximum absolute atomic E-state index is 13.0. The van der Waals surface area contributed by atoms with E-state index >= 15 is 0 Å². The molecule has 0 aromatic heterocycles. The zero-order valence-corrected chi connectivity index (χ0v) is 16.4. The second-order valence-electron chi connectivity index (χ2n) is 7.23. The summed E-state index contributed by atoms with van der Waals surface area (Å²) in [5, 5.41) is 3.00. The number of nitrogens with two attached hydrogens (primary N) is 1. The summed E-state index contributed by atoms with van der Waals surface area (Å²) < 4.78 is 32.7. The fourth-order valence-corrected chi connectivity index (χ4v) is 5.55. The lowest BCUT2D eigenvalue weighted by atomic mass is 9.84. The molecule has 3 N–H and O–H groups in total. The molecular weight excluding hydrogens is 366 g/mol. The molecule has 1 saturated heterocycles. The van der Waals surface area contributed by atoms with Crippen molar-refractivity contribution in [2.75, 3.05) is 32.8 Å². The summed E-state index contributed by atoms with van der Waals surface area (Å²) in [6.45, 7) is 1.68. The number of sulfonamides is 1. The minimum Gasteiger partial charge on any atom is -0.379 e. The number of ether oxygens (including phenoxy) is 1. The molecule has 2 aliphatic rings. The van der Waals surface area contributed by atoms with Gasteiger partial charge in [0.15, 0.2) is 0 Å². The lowest BCUT2D eigenvalue weighted by molar-refractivity contribution is 0.0729. The molecule has 150 valence electrons. The van der Waals surface area contributed by atoms with Crippen LogP contribution in [0.15, 0.2) is 29.2 Å². The Bertz CT molecular complexity index is 741. The van der Waals surface area contributed by atoms with Gasteiger partial charge in [-0.15, -0.1) is 0 Å². The SMILES string of the molecule is NCC(NC(=O)c1ccccc1S(=O)(=O)N1CCOCC1)C1CCCCC1. The Labute approximate surface area is 161 Å². The minimum atomic E-state index is -3.74. The molecule has 1 heterocycles. The molecule has 1 saturated carbocycles. The Morgan fingerprint density at radius 3 is 2.52 bits per heavy atom. The van der Waals surface area contributed by atoms with Crippen LogP contribution in [0, 0.1) is 5.92 Å². The molecule has 1 aliphatic carbocycles. The van der Waals surface area contributed by atoms with Crippen molar-refractivity contribution in [2.45, 2.75) is 43.0 Å². The average molecular weight is 396 g/mol. The number of rotatable bonds is 6. The van der Waals surface area contributed by atoms with Crippen LogP contribution in [0.25, 0.3) is 0 Å². The maximum atomic E-state index is 13.0. The lowest BCUT2D eigenvalue weighted by Gasteiger charge is -2.30. The summed E-state index contributed by atoms with van der Waals surface area (Å²) >= 11 is 0. The summed E-state index contributed by atoms with van der Waals surface area (Å²) in [6.07, 6.45) is 5.63. The van der Waals surface area contributed by atoms with E-state index in [1.165, 1.54) is 16.8 Å². The van der Waals surface area contributed by atoms with E-state index in [0.717, 1.165) is 25.7 Å². The number of hydrogen-bond acceptors (Lipinski definition) is 5. The van der Waals surface area contributed by atoms with Gasteiger partial charge in [-0.05, 0) is 30.9 Å². The van der Waals surface area contributed by atoms with E-state index in [4.69, 9.17) is 10.5 Å². The number of nitrogens with zero attached hydrogens (tertiary/aromatic N) is 1. The normalized spacial score (nSPS) is 20.9. The third-order valence-corrected chi connectivity index (χ3v) is 7.47. The van der Waals surface area contributed by atoms with Crippen molar-refractivity contribution in [3.8, 4) is 0 Å². The number of carbonyl (C=O) groups is 1. The van der Waals surface area contributed by atoms with Crippen LogP contribution >= 0.6 is 0 Å². The van der Waals surface area contributed by atoms with E-state index in [0.29, 0.717) is 38.8 Å². The maximum Gasteiger partial charge on any atom is 0.252 e. The molecule has 7 nitrogen and oxygen atoms in total. The Morgan fingerprint density at radius 1 is 1.19 bits per heavy atom. The molecule has 1 aromatic rings. The van der Waals surface area contributed by atoms with Crippen molar-refractivity contribution in [1.82, 2.24) is 9.62 Å². The molecule has 0 radical (unpaired) electrons. The van der Waals surface area contributed by atoms with Gasteiger partial charge in [0.1, 0.15) is 0 Å². The summed E-state index contributed by atoms with van der Waals surface area (Å²) in [7, 11) is -3.74. The topological polar surface area (TPSA) is 102 Å². The van der Waals surface area contributed by atoms with Crippen LogP contribution in [-0.4, -0.2) is 57.5 Å². The van der Waals surface area contributed by atoms with Crippen molar-refractivity contribution in [3.05, 3.63) is 29.8 Å². The fraction of sp³-hybridized carbons (Fsp3) is 0.632. The van der Waals surface area contributed by atoms with Crippen LogP contribution in [0.2, 0.25) is 0 Å². The third-order valence-electron chi connectivity index (χ3n) is 5.51. The number of hydrogen-bond donors (Lipinski definition) is 2. The summed E-state index contributed by atoms with van der Waals surface area (Å²) in [5.41, 5.74) is 6.09.